The zero-order chi connectivity index (χ0) is 16.8. The van der Waals surface area contributed by atoms with E-state index in [4.69, 9.17) is 4.74 Å². The number of rotatable bonds is 5. The Balaban J connectivity index is 1.71. The highest BCUT2D eigenvalue weighted by Gasteiger charge is 2.08. The van der Waals surface area contributed by atoms with Crippen LogP contribution in [0.15, 0.2) is 72.9 Å². The molecule has 0 radical (unpaired) electrons. The molecule has 0 unspecified atom stereocenters. The van der Waals surface area contributed by atoms with Crippen LogP contribution in [0.25, 0.3) is 0 Å². The van der Waals surface area contributed by atoms with Gasteiger partial charge >= 0.3 is 0 Å². The maximum atomic E-state index is 12.4. The zero-order valence-corrected chi connectivity index (χ0v) is 13.4. The average Bonchev–Trinajstić information content (AvgIpc) is 2.63. The van der Waals surface area contributed by atoms with E-state index in [1.54, 1.807) is 36.5 Å². The Labute approximate surface area is 141 Å². The van der Waals surface area contributed by atoms with Crippen molar-refractivity contribution < 1.29 is 9.53 Å². The number of nitrogens with zero attached hydrogens (tertiary/aromatic N) is 1. The first kappa shape index (κ1) is 15.7. The van der Waals surface area contributed by atoms with Crippen molar-refractivity contribution in [3.05, 3.63) is 84.1 Å². The van der Waals surface area contributed by atoms with Crippen molar-refractivity contribution >= 4 is 11.6 Å². The van der Waals surface area contributed by atoms with Crippen molar-refractivity contribution in [3.63, 3.8) is 0 Å². The monoisotopic (exact) mass is 318 g/mol. The summed E-state index contributed by atoms with van der Waals surface area (Å²) in [6.45, 7) is 2.10. The molecule has 0 aliphatic heterocycles. The van der Waals surface area contributed by atoms with E-state index in [2.05, 4.69) is 17.2 Å². The minimum absolute atomic E-state index is 0.175. The van der Waals surface area contributed by atoms with Crippen LogP contribution in [0.1, 0.15) is 22.8 Å². The Morgan fingerprint density at radius 3 is 2.58 bits per heavy atom. The molecule has 1 aromatic heterocycles. The molecule has 0 fully saturated rings. The standard InChI is InChI=1S/C20H18N2O2/c1-2-15-9-11-17(12-10-15)22-20(23)16-6-5-7-18(14-16)24-19-8-3-4-13-21-19/h3-14H,2H2,1H3,(H,22,23). The third-order valence-corrected chi connectivity index (χ3v) is 3.58. The van der Waals surface area contributed by atoms with Crippen molar-refractivity contribution in [2.75, 3.05) is 5.32 Å². The first-order valence-electron chi connectivity index (χ1n) is 7.84. The molecule has 2 aromatic carbocycles. The number of benzene rings is 2. The normalized spacial score (nSPS) is 10.2. The van der Waals surface area contributed by atoms with Gasteiger partial charge in [-0.25, -0.2) is 4.98 Å². The maximum Gasteiger partial charge on any atom is 0.255 e. The van der Waals surface area contributed by atoms with E-state index in [0.717, 1.165) is 12.1 Å². The van der Waals surface area contributed by atoms with Crippen molar-refractivity contribution in [3.8, 4) is 11.6 Å². The summed E-state index contributed by atoms with van der Waals surface area (Å²) in [5.41, 5.74) is 2.54. The number of amides is 1. The quantitative estimate of drug-likeness (QED) is 0.742. The molecule has 1 amide bonds. The lowest BCUT2D eigenvalue weighted by Crippen LogP contribution is -2.11. The van der Waals surface area contributed by atoms with E-state index in [-0.39, 0.29) is 5.91 Å². The fourth-order valence-electron chi connectivity index (χ4n) is 2.26. The molecule has 120 valence electrons. The van der Waals surface area contributed by atoms with Gasteiger partial charge in [0.1, 0.15) is 5.75 Å². The second kappa shape index (κ2) is 7.42. The molecular formula is C20H18N2O2. The van der Waals surface area contributed by atoms with E-state index in [0.29, 0.717) is 17.2 Å². The smallest absolute Gasteiger partial charge is 0.255 e. The summed E-state index contributed by atoms with van der Waals surface area (Å²) >= 11 is 0. The van der Waals surface area contributed by atoms with Gasteiger partial charge in [-0.3, -0.25) is 4.79 Å². The number of anilines is 1. The lowest BCUT2D eigenvalue weighted by atomic mass is 10.1. The van der Waals surface area contributed by atoms with E-state index in [1.807, 2.05) is 36.4 Å². The van der Waals surface area contributed by atoms with E-state index < -0.39 is 0 Å². The Morgan fingerprint density at radius 1 is 1.04 bits per heavy atom. The topological polar surface area (TPSA) is 51.2 Å². The maximum absolute atomic E-state index is 12.4. The number of carbonyl (C=O) groups is 1. The average molecular weight is 318 g/mol. The minimum atomic E-state index is -0.175. The second-order valence-corrected chi connectivity index (χ2v) is 5.30. The number of aryl methyl sites for hydroxylation is 1. The van der Waals surface area contributed by atoms with E-state index in [9.17, 15) is 4.79 Å². The summed E-state index contributed by atoms with van der Waals surface area (Å²) < 4.78 is 5.66. The van der Waals surface area contributed by atoms with Crippen LogP contribution in [0.3, 0.4) is 0 Å². The van der Waals surface area contributed by atoms with Crippen LogP contribution in [0.5, 0.6) is 11.6 Å². The molecule has 1 heterocycles. The van der Waals surface area contributed by atoms with Crippen molar-refractivity contribution in [1.29, 1.82) is 0 Å². The van der Waals surface area contributed by atoms with Crippen LogP contribution in [0.4, 0.5) is 5.69 Å². The molecule has 0 atom stereocenters. The van der Waals surface area contributed by atoms with Crippen LogP contribution >= 0.6 is 0 Å². The molecule has 0 saturated carbocycles. The molecule has 3 aromatic rings. The lowest BCUT2D eigenvalue weighted by molar-refractivity contribution is 0.102. The molecule has 0 aliphatic carbocycles. The molecule has 4 heteroatoms. The Kier molecular flexibility index (Phi) is 4.87. The van der Waals surface area contributed by atoms with Gasteiger partial charge in [-0.1, -0.05) is 31.2 Å². The summed E-state index contributed by atoms with van der Waals surface area (Å²) in [4.78, 5) is 16.5. The molecule has 0 aliphatic rings. The van der Waals surface area contributed by atoms with Crippen LogP contribution in [0.2, 0.25) is 0 Å². The number of hydrogen-bond donors (Lipinski definition) is 1. The predicted octanol–water partition coefficient (Wildman–Crippen LogP) is 4.69. The van der Waals surface area contributed by atoms with Gasteiger partial charge < -0.3 is 10.1 Å². The van der Waals surface area contributed by atoms with Gasteiger partial charge in [0.15, 0.2) is 0 Å². The van der Waals surface area contributed by atoms with Crippen LogP contribution in [-0.2, 0) is 6.42 Å². The third-order valence-electron chi connectivity index (χ3n) is 3.58. The van der Waals surface area contributed by atoms with Crippen molar-refractivity contribution in [2.24, 2.45) is 0 Å². The van der Waals surface area contributed by atoms with Gasteiger partial charge in [-0.2, -0.15) is 0 Å². The largest absolute Gasteiger partial charge is 0.439 e. The Hall–Kier alpha value is -3.14. The highest BCUT2D eigenvalue weighted by molar-refractivity contribution is 6.04. The number of nitrogens with one attached hydrogen (secondary N) is 1. The molecule has 1 N–H and O–H groups in total. The lowest BCUT2D eigenvalue weighted by Gasteiger charge is -2.08. The number of carbonyl (C=O) groups excluding carboxylic acids is 1. The molecule has 0 bridgehead atoms. The van der Waals surface area contributed by atoms with Gasteiger partial charge in [0, 0.05) is 23.5 Å². The fraction of sp³-hybridized carbons (Fsp3) is 0.100. The summed E-state index contributed by atoms with van der Waals surface area (Å²) in [5, 5.41) is 2.89. The van der Waals surface area contributed by atoms with Crippen LogP contribution < -0.4 is 10.1 Å². The number of pyridine rings is 1. The third kappa shape index (κ3) is 3.98. The van der Waals surface area contributed by atoms with Crippen LogP contribution in [-0.4, -0.2) is 10.9 Å². The van der Waals surface area contributed by atoms with Gasteiger partial charge in [-0.15, -0.1) is 0 Å². The van der Waals surface area contributed by atoms with Gasteiger partial charge in [0.25, 0.3) is 5.91 Å². The summed E-state index contributed by atoms with van der Waals surface area (Å²) in [6.07, 6.45) is 2.63. The number of hydrogen-bond acceptors (Lipinski definition) is 3. The Morgan fingerprint density at radius 2 is 1.88 bits per heavy atom. The first-order valence-corrected chi connectivity index (χ1v) is 7.84. The predicted molar refractivity (Wildman–Crippen MR) is 94.5 cm³/mol. The highest BCUT2D eigenvalue weighted by atomic mass is 16.5. The minimum Gasteiger partial charge on any atom is -0.439 e. The van der Waals surface area contributed by atoms with Gasteiger partial charge in [0.2, 0.25) is 5.88 Å². The van der Waals surface area contributed by atoms with Crippen LogP contribution in [0, 0.1) is 0 Å². The molecule has 0 saturated heterocycles. The Bertz CT molecular complexity index is 815. The van der Waals surface area contributed by atoms with E-state index in [1.165, 1.54) is 5.56 Å². The van der Waals surface area contributed by atoms with Crippen molar-refractivity contribution in [2.45, 2.75) is 13.3 Å². The van der Waals surface area contributed by atoms with Gasteiger partial charge in [-0.05, 0) is 48.4 Å². The summed E-state index contributed by atoms with van der Waals surface area (Å²) in [5.74, 6) is 0.888. The molecule has 3 rings (SSSR count). The summed E-state index contributed by atoms with van der Waals surface area (Å²) in [6, 6.07) is 20.3. The number of ether oxygens (including phenoxy) is 1. The SMILES string of the molecule is CCc1ccc(NC(=O)c2cccc(Oc3ccccn3)c2)cc1. The molecular weight excluding hydrogens is 300 g/mol. The zero-order valence-electron chi connectivity index (χ0n) is 13.4. The summed E-state index contributed by atoms with van der Waals surface area (Å²) in [7, 11) is 0. The molecule has 0 spiro atoms. The first-order chi connectivity index (χ1) is 11.7. The molecule has 4 nitrogen and oxygen atoms in total. The fourth-order valence-corrected chi connectivity index (χ4v) is 2.26. The van der Waals surface area contributed by atoms with Crippen molar-refractivity contribution in [1.82, 2.24) is 4.98 Å². The van der Waals surface area contributed by atoms with E-state index >= 15 is 0 Å². The van der Waals surface area contributed by atoms with Gasteiger partial charge in [0.05, 0.1) is 0 Å². The number of aromatic nitrogens is 1. The molecule has 24 heavy (non-hydrogen) atoms. The second-order valence-electron chi connectivity index (χ2n) is 5.30. The highest BCUT2D eigenvalue weighted by Crippen LogP contribution is 2.21.